The van der Waals surface area contributed by atoms with E-state index >= 15 is 0 Å². The number of carbonyl (C=O) groups excluding carboxylic acids is 1. The van der Waals surface area contributed by atoms with Crippen LogP contribution < -0.4 is 15.0 Å². The van der Waals surface area contributed by atoms with Crippen LogP contribution >= 0.6 is 11.6 Å². The van der Waals surface area contributed by atoms with Crippen molar-refractivity contribution in [2.75, 3.05) is 14.2 Å². The molecule has 0 bridgehead atoms. The Labute approximate surface area is 212 Å². The molecule has 1 N–H and O–H groups in total. The number of aromatic amines is 1. The maximum absolute atomic E-state index is 13.5. The highest BCUT2D eigenvalue weighted by Crippen LogP contribution is 2.40. The number of halogens is 1. The molecule has 0 fully saturated rings. The Morgan fingerprint density at radius 3 is 2.47 bits per heavy atom. The summed E-state index contributed by atoms with van der Waals surface area (Å²) in [5.74, 6) is 0.977. The zero-order valence-electron chi connectivity index (χ0n) is 20.0. The molecule has 1 aliphatic heterocycles. The number of amides is 1. The highest BCUT2D eigenvalue weighted by Gasteiger charge is 2.35. The third-order valence-electron chi connectivity index (χ3n) is 6.38. The van der Waals surface area contributed by atoms with E-state index in [4.69, 9.17) is 21.1 Å². The number of hydrogen-bond acceptors (Lipinski definition) is 5. The predicted octanol–water partition coefficient (Wildman–Crippen LogP) is 5.56. The van der Waals surface area contributed by atoms with Crippen LogP contribution in [0.2, 0.25) is 5.02 Å². The Morgan fingerprint density at radius 1 is 1.03 bits per heavy atom. The molecule has 0 spiro atoms. The van der Waals surface area contributed by atoms with E-state index in [1.54, 1.807) is 32.4 Å². The second kappa shape index (κ2) is 9.51. The third kappa shape index (κ3) is 4.12. The maximum atomic E-state index is 13.5. The van der Waals surface area contributed by atoms with Crippen molar-refractivity contribution in [1.29, 1.82) is 0 Å². The predicted molar refractivity (Wildman–Crippen MR) is 141 cm³/mol. The van der Waals surface area contributed by atoms with Crippen LogP contribution in [0.5, 0.6) is 11.5 Å². The van der Waals surface area contributed by atoms with Crippen molar-refractivity contribution >= 4 is 34.1 Å². The summed E-state index contributed by atoms with van der Waals surface area (Å²) in [4.78, 5) is 29.2. The van der Waals surface area contributed by atoms with Gasteiger partial charge in [0.05, 0.1) is 31.5 Å². The standard InChI is InChI=1S/C28H24ClN3O4/c1-16(33)32-24(21-13-12-19(35-2)14-25(21)36-3)15-23(31-32)27-26(17-8-10-18(29)11-9-17)20-6-4-5-7-22(20)30-28(27)34/h4-14,24H,15H2,1-3H3,(H,30,34)/t24-/m1/s1. The minimum absolute atomic E-state index is 0.238. The number of ether oxygens (including phenoxy) is 2. The van der Waals surface area contributed by atoms with Gasteiger partial charge in [-0.15, -0.1) is 0 Å². The van der Waals surface area contributed by atoms with Gasteiger partial charge in [0.15, 0.2) is 0 Å². The normalized spacial score (nSPS) is 15.2. The van der Waals surface area contributed by atoms with Crippen LogP contribution in [-0.2, 0) is 4.79 Å². The Morgan fingerprint density at radius 2 is 1.78 bits per heavy atom. The largest absolute Gasteiger partial charge is 0.497 e. The molecule has 0 saturated heterocycles. The number of H-pyrrole nitrogens is 1. The van der Waals surface area contributed by atoms with Crippen LogP contribution in [0.15, 0.2) is 76.6 Å². The quantitative estimate of drug-likeness (QED) is 0.388. The summed E-state index contributed by atoms with van der Waals surface area (Å²) in [5.41, 5.74) is 3.74. The molecule has 5 rings (SSSR count). The number of nitrogens with zero attached hydrogens (tertiary/aromatic N) is 2. The lowest BCUT2D eigenvalue weighted by Gasteiger charge is -2.22. The molecule has 0 saturated carbocycles. The number of para-hydroxylation sites is 1. The first kappa shape index (κ1) is 23.6. The molecule has 0 radical (unpaired) electrons. The van der Waals surface area contributed by atoms with Gasteiger partial charge in [0.2, 0.25) is 5.91 Å². The average molecular weight is 502 g/mol. The molecule has 1 aliphatic rings. The van der Waals surface area contributed by atoms with Gasteiger partial charge in [-0.05, 0) is 35.9 Å². The number of methoxy groups -OCH3 is 2. The molecule has 8 heteroatoms. The van der Waals surface area contributed by atoms with Gasteiger partial charge in [-0.3, -0.25) is 9.59 Å². The summed E-state index contributed by atoms with van der Waals surface area (Å²) in [6.07, 6.45) is 0.338. The Hall–Kier alpha value is -4.10. The van der Waals surface area contributed by atoms with Gasteiger partial charge in [-0.25, -0.2) is 5.01 Å². The van der Waals surface area contributed by atoms with E-state index < -0.39 is 6.04 Å². The fraction of sp³-hybridized carbons (Fsp3) is 0.179. The first-order valence-electron chi connectivity index (χ1n) is 11.4. The van der Waals surface area contributed by atoms with Crippen molar-refractivity contribution in [3.8, 4) is 22.6 Å². The van der Waals surface area contributed by atoms with Crippen molar-refractivity contribution in [3.05, 3.63) is 93.2 Å². The van der Waals surface area contributed by atoms with Crippen molar-refractivity contribution in [2.24, 2.45) is 5.10 Å². The number of rotatable bonds is 5. The number of fused-ring (bicyclic) bond motifs is 1. The number of hydrazone groups is 1. The van der Waals surface area contributed by atoms with Crippen molar-refractivity contribution in [2.45, 2.75) is 19.4 Å². The Kier molecular flexibility index (Phi) is 6.24. The van der Waals surface area contributed by atoms with Gasteiger partial charge in [0, 0.05) is 46.5 Å². The number of aromatic nitrogens is 1. The number of benzene rings is 3. The van der Waals surface area contributed by atoms with Gasteiger partial charge in [-0.1, -0.05) is 41.9 Å². The van der Waals surface area contributed by atoms with Crippen LogP contribution in [-0.4, -0.2) is 35.8 Å². The van der Waals surface area contributed by atoms with E-state index in [0.29, 0.717) is 39.7 Å². The molecule has 2 heterocycles. The molecule has 7 nitrogen and oxygen atoms in total. The van der Waals surface area contributed by atoms with Crippen LogP contribution in [0.3, 0.4) is 0 Å². The fourth-order valence-electron chi connectivity index (χ4n) is 4.72. The second-order valence-electron chi connectivity index (χ2n) is 8.49. The molecule has 182 valence electrons. The molecule has 1 aromatic heterocycles. The lowest BCUT2D eigenvalue weighted by Crippen LogP contribution is -2.24. The summed E-state index contributed by atoms with van der Waals surface area (Å²) in [6, 6.07) is 20.0. The van der Waals surface area contributed by atoms with Crippen LogP contribution in [0.25, 0.3) is 22.0 Å². The molecule has 3 aromatic carbocycles. The van der Waals surface area contributed by atoms with Crippen molar-refractivity contribution in [1.82, 2.24) is 9.99 Å². The highest BCUT2D eigenvalue weighted by atomic mass is 35.5. The number of nitrogens with one attached hydrogen (secondary N) is 1. The minimum atomic E-state index is -0.442. The van der Waals surface area contributed by atoms with E-state index in [0.717, 1.165) is 22.1 Å². The Balaban J connectivity index is 1.70. The van der Waals surface area contributed by atoms with Crippen LogP contribution in [0.1, 0.15) is 30.5 Å². The van der Waals surface area contributed by atoms with E-state index in [1.165, 1.54) is 11.9 Å². The molecule has 1 atom stereocenters. The maximum Gasteiger partial charge on any atom is 0.258 e. The molecule has 36 heavy (non-hydrogen) atoms. The SMILES string of the molecule is COc1ccc([C@H]2CC(c3c(-c4ccc(Cl)cc4)c4ccccc4[nH]c3=O)=NN2C(C)=O)c(OC)c1. The number of hydrogen-bond donors (Lipinski definition) is 1. The van der Waals surface area contributed by atoms with E-state index in [1.807, 2.05) is 48.5 Å². The summed E-state index contributed by atoms with van der Waals surface area (Å²) in [5, 5.41) is 7.56. The monoisotopic (exact) mass is 501 g/mol. The van der Waals surface area contributed by atoms with Crippen LogP contribution in [0, 0.1) is 0 Å². The van der Waals surface area contributed by atoms with Crippen molar-refractivity contribution in [3.63, 3.8) is 0 Å². The average Bonchev–Trinajstić information content (AvgIpc) is 3.33. The first-order valence-corrected chi connectivity index (χ1v) is 11.8. The third-order valence-corrected chi connectivity index (χ3v) is 6.63. The molecular weight excluding hydrogens is 478 g/mol. The molecule has 4 aromatic rings. The lowest BCUT2D eigenvalue weighted by atomic mass is 9.91. The second-order valence-corrected chi connectivity index (χ2v) is 8.93. The van der Waals surface area contributed by atoms with Crippen molar-refractivity contribution < 1.29 is 14.3 Å². The van der Waals surface area contributed by atoms with Gasteiger partial charge in [0.25, 0.3) is 5.56 Å². The Bertz CT molecular complexity index is 1560. The van der Waals surface area contributed by atoms with Gasteiger partial charge in [-0.2, -0.15) is 5.10 Å². The summed E-state index contributed by atoms with van der Waals surface area (Å²) >= 11 is 6.15. The number of pyridine rings is 1. The minimum Gasteiger partial charge on any atom is -0.497 e. The van der Waals surface area contributed by atoms with E-state index in [9.17, 15) is 9.59 Å². The fourth-order valence-corrected chi connectivity index (χ4v) is 4.85. The van der Waals surface area contributed by atoms with E-state index in [2.05, 4.69) is 10.1 Å². The zero-order valence-corrected chi connectivity index (χ0v) is 20.8. The molecule has 0 unspecified atom stereocenters. The zero-order chi connectivity index (χ0) is 25.4. The molecule has 0 aliphatic carbocycles. The van der Waals surface area contributed by atoms with E-state index in [-0.39, 0.29) is 11.5 Å². The van der Waals surface area contributed by atoms with Gasteiger partial charge >= 0.3 is 0 Å². The highest BCUT2D eigenvalue weighted by molar-refractivity contribution is 6.30. The summed E-state index contributed by atoms with van der Waals surface area (Å²) < 4.78 is 10.9. The molecule has 1 amide bonds. The summed E-state index contributed by atoms with van der Waals surface area (Å²) in [6.45, 7) is 1.46. The smallest absolute Gasteiger partial charge is 0.258 e. The molecular formula is C28H24ClN3O4. The lowest BCUT2D eigenvalue weighted by molar-refractivity contribution is -0.130. The van der Waals surface area contributed by atoms with Gasteiger partial charge < -0.3 is 14.5 Å². The van der Waals surface area contributed by atoms with Gasteiger partial charge in [0.1, 0.15) is 11.5 Å². The topological polar surface area (TPSA) is 84.0 Å². The van der Waals surface area contributed by atoms with Crippen LogP contribution in [0.4, 0.5) is 0 Å². The first-order chi connectivity index (χ1) is 17.4. The number of carbonyl (C=O) groups is 1. The summed E-state index contributed by atoms with van der Waals surface area (Å²) in [7, 11) is 3.15.